The van der Waals surface area contributed by atoms with Crippen molar-refractivity contribution in [3.63, 3.8) is 0 Å². The van der Waals surface area contributed by atoms with Crippen molar-refractivity contribution < 1.29 is 19.0 Å². The van der Waals surface area contributed by atoms with E-state index >= 15 is 0 Å². The van der Waals surface area contributed by atoms with Crippen molar-refractivity contribution in [1.29, 1.82) is 0 Å². The van der Waals surface area contributed by atoms with Gasteiger partial charge in [-0.15, -0.1) is 0 Å². The zero-order chi connectivity index (χ0) is 13.9. The standard InChI is InChI=1S/C15H19NO4/c1-11-4-2-3-7-16(11)15(17)9-18-12-5-6-13-14(8-12)20-10-19-13/h5-6,8,11H,2-4,7,9-10H2,1H3. The van der Waals surface area contributed by atoms with Crippen LogP contribution < -0.4 is 14.2 Å². The maximum absolute atomic E-state index is 12.2. The molecular weight excluding hydrogens is 258 g/mol. The molecule has 1 fully saturated rings. The van der Waals surface area contributed by atoms with E-state index < -0.39 is 0 Å². The SMILES string of the molecule is CC1CCCCN1C(=O)COc1ccc2c(c1)OCO2. The molecule has 3 rings (SSSR count). The van der Waals surface area contributed by atoms with Crippen LogP contribution in [0.4, 0.5) is 0 Å². The van der Waals surface area contributed by atoms with E-state index in [1.165, 1.54) is 6.42 Å². The lowest BCUT2D eigenvalue weighted by molar-refractivity contribution is -0.136. The number of piperidine rings is 1. The highest BCUT2D eigenvalue weighted by Gasteiger charge is 2.23. The minimum Gasteiger partial charge on any atom is -0.484 e. The molecule has 0 bridgehead atoms. The van der Waals surface area contributed by atoms with E-state index in [1.807, 2.05) is 4.90 Å². The fourth-order valence-electron chi connectivity index (χ4n) is 2.66. The summed E-state index contributed by atoms with van der Waals surface area (Å²) < 4.78 is 16.1. The predicted octanol–water partition coefficient (Wildman–Crippen LogP) is 2.20. The number of ether oxygens (including phenoxy) is 3. The second-order valence-electron chi connectivity index (χ2n) is 5.24. The second kappa shape index (κ2) is 5.61. The van der Waals surface area contributed by atoms with Gasteiger partial charge in [-0.25, -0.2) is 0 Å². The van der Waals surface area contributed by atoms with Gasteiger partial charge in [0.2, 0.25) is 6.79 Å². The van der Waals surface area contributed by atoms with Crippen molar-refractivity contribution >= 4 is 5.91 Å². The quantitative estimate of drug-likeness (QED) is 0.849. The highest BCUT2D eigenvalue weighted by atomic mass is 16.7. The van der Waals surface area contributed by atoms with Gasteiger partial charge in [0.05, 0.1) is 0 Å². The van der Waals surface area contributed by atoms with Crippen molar-refractivity contribution in [3.05, 3.63) is 18.2 Å². The second-order valence-corrected chi connectivity index (χ2v) is 5.24. The molecule has 0 radical (unpaired) electrons. The van der Waals surface area contributed by atoms with Crippen LogP contribution >= 0.6 is 0 Å². The zero-order valence-corrected chi connectivity index (χ0v) is 11.6. The van der Waals surface area contributed by atoms with Gasteiger partial charge in [-0.2, -0.15) is 0 Å². The lowest BCUT2D eigenvalue weighted by Crippen LogP contribution is -2.44. The Morgan fingerprint density at radius 3 is 3.05 bits per heavy atom. The van der Waals surface area contributed by atoms with Crippen LogP contribution in [0.25, 0.3) is 0 Å². The number of rotatable bonds is 3. The maximum Gasteiger partial charge on any atom is 0.260 e. The van der Waals surface area contributed by atoms with Crippen LogP contribution in [0.15, 0.2) is 18.2 Å². The normalized spacial score (nSPS) is 20.9. The van der Waals surface area contributed by atoms with Crippen molar-refractivity contribution in [3.8, 4) is 17.2 Å². The molecule has 1 aromatic carbocycles. The Kier molecular flexibility index (Phi) is 3.67. The lowest BCUT2D eigenvalue weighted by Gasteiger charge is -2.33. The zero-order valence-electron chi connectivity index (χ0n) is 11.6. The molecule has 1 unspecified atom stereocenters. The molecule has 0 saturated carbocycles. The monoisotopic (exact) mass is 277 g/mol. The Hall–Kier alpha value is -1.91. The van der Waals surface area contributed by atoms with Gasteiger partial charge in [-0.1, -0.05) is 0 Å². The Labute approximate surface area is 118 Å². The molecular formula is C15H19NO4. The van der Waals surface area contributed by atoms with Crippen LogP contribution in [0.1, 0.15) is 26.2 Å². The number of benzene rings is 1. The molecule has 2 aliphatic rings. The summed E-state index contributed by atoms with van der Waals surface area (Å²) in [5, 5.41) is 0. The number of fused-ring (bicyclic) bond motifs is 1. The van der Waals surface area contributed by atoms with Gasteiger partial charge in [-0.05, 0) is 38.3 Å². The van der Waals surface area contributed by atoms with E-state index in [-0.39, 0.29) is 19.3 Å². The summed E-state index contributed by atoms with van der Waals surface area (Å²) in [5.41, 5.74) is 0. The third-order valence-electron chi connectivity index (χ3n) is 3.83. The largest absolute Gasteiger partial charge is 0.484 e. The van der Waals surface area contributed by atoms with Crippen LogP contribution in [0, 0.1) is 0 Å². The van der Waals surface area contributed by atoms with Gasteiger partial charge in [0.15, 0.2) is 18.1 Å². The number of likely N-dealkylation sites (tertiary alicyclic amines) is 1. The van der Waals surface area contributed by atoms with E-state index in [4.69, 9.17) is 14.2 Å². The Bertz CT molecular complexity index is 503. The van der Waals surface area contributed by atoms with Crippen LogP contribution in [0.2, 0.25) is 0 Å². The Morgan fingerprint density at radius 1 is 1.35 bits per heavy atom. The molecule has 0 aliphatic carbocycles. The van der Waals surface area contributed by atoms with Crippen LogP contribution in [-0.2, 0) is 4.79 Å². The van der Waals surface area contributed by atoms with Gasteiger partial charge in [0.25, 0.3) is 5.91 Å². The minimum absolute atomic E-state index is 0.0508. The third-order valence-corrected chi connectivity index (χ3v) is 3.83. The predicted molar refractivity (Wildman–Crippen MR) is 73.1 cm³/mol. The molecule has 5 nitrogen and oxygen atoms in total. The van der Waals surface area contributed by atoms with E-state index in [1.54, 1.807) is 18.2 Å². The maximum atomic E-state index is 12.2. The van der Waals surface area contributed by atoms with Gasteiger partial charge in [0.1, 0.15) is 5.75 Å². The number of carbonyl (C=O) groups is 1. The molecule has 5 heteroatoms. The third kappa shape index (κ3) is 2.66. The van der Waals surface area contributed by atoms with E-state index in [2.05, 4.69) is 6.92 Å². The van der Waals surface area contributed by atoms with Gasteiger partial charge >= 0.3 is 0 Å². The highest BCUT2D eigenvalue weighted by Crippen LogP contribution is 2.35. The molecule has 108 valence electrons. The van der Waals surface area contributed by atoms with Crippen molar-refractivity contribution in [1.82, 2.24) is 4.90 Å². The van der Waals surface area contributed by atoms with Crippen LogP contribution in [0.3, 0.4) is 0 Å². The summed E-state index contributed by atoms with van der Waals surface area (Å²) in [5.74, 6) is 2.07. The van der Waals surface area contributed by atoms with E-state index in [0.29, 0.717) is 23.3 Å². The van der Waals surface area contributed by atoms with E-state index in [9.17, 15) is 4.79 Å². The first-order valence-corrected chi connectivity index (χ1v) is 7.06. The average Bonchev–Trinajstić information content (AvgIpc) is 2.92. The van der Waals surface area contributed by atoms with Crippen LogP contribution in [-0.4, -0.2) is 36.8 Å². The van der Waals surface area contributed by atoms with Crippen molar-refractivity contribution in [2.24, 2.45) is 0 Å². The fraction of sp³-hybridized carbons (Fsp3) is 0.533. The van der Waals surface area contributed by atoms with Crippen molar-refractivity contribution in [2.45, 2.75) is 32.2 Å². The first-order chi connectivity index (χ1) is 9.74. The Balaban J connectivity index is 1.57. The molecule has 20 heavy (non-hydrogen) atoms. The van der Waals surface area contributed by atoms with Crippen LogP contribution in [0.5, 0.6) is 17.2 Å². The van der Waals surface area contributed by atoms with Gasteiger partial charge in [-0.3, -0.25) is 4.79 Å². The fourth-order valence-corrected chi connectivity index (χ4v) is 2.66. The lowest BCUT2D eigenvalue weighted by atomic mass is 10.0. The van der Waals surface area contributed by atoms with Crippen molar-refractivity contribution in [2.75, 3.05) is 19.9 Å². The molecule has 1 saturated heterocycles. The topological polar surface area (TPSA) is 48.0 Å². The molecule has 0 spiro atoms. The average molecular weight is 277 g/mol. The summed E-state index contributed by atoms with van der Waals surface area (Å²) in [4.78, 5) is 14.1. The highest BCUT2D eigenvalue weighted by molar-refractivity contribution is 5.78. The molecule has 0 aromatic heterocycles. The number of nitrogens with zero attached hydrogens (tertiary/aromatic N) is 1. The molecule has 2 aliphatic heterocycles. The molecule has 1 aromatic rings. The first-order valence-electron chi connectivity index (χ1n) is 7.06. The first kappa shape index (κ1) is 13.1. The summed E-state index contributed by atoms with van der Waals surface area (Å²) >= 11 is 0. The summed E-state index contributed by atoms with van der Waals surface area (Å²) in [6, 6.07) is 5.66. The summed E-state index contributed by atoms with van der Waals surface area (Å²) in [6.07, 6.45) is 3.36. The smallest absolute Gasteiger partial charge is 0.260 e. The van der Waals surface area contributed by atoms with Gasteiger partial charge in [0, 0.05) is 18.7 Å². The molecule has 0 N–H and O–H groups in total. The summed E-state index contributed by atoms with van der Waals surface area (Å²) in [7, 11) is 0. The number of carbonyl (C=O) groups excluding carboxylic acids is 1. The molecule has 2 heterocycles. The minimum atomic E-state index is 0.0508. The number of hydrogen-bond donors (Lipinski definition) is 0. The number of hydrogen-bond acceptors (Lipinski definition) is 4. The van der Waals surface area contributed by atoms with E-state index in [0.717, 1.165) is 19.4 Å². The Morgan fingerprint density at radius 2 is 2.20 bits per heavy atom. The molecule has 1 atom stereocenters. The summed E-state index contributed by atoms with van der Waals surface area (Å²) in [6.45, 7) is 3.25. The number of amides is 1. The molecule has 1 amide bonds. The van der Waals surface area contributed by atoms with Gasteiger partial charge < -0.3 is 19.1 Å².